The van der Waals surface area contributed by atoms with Crippen LogP contribution in [0.1, 0.15) is 46.2 Å². The second-order valence-corrected chi connectivity index (χ2v) is 6.48. The van der Waals surface area contributed by atoms with Gasteiger partial charge in [-0.3, -0.25) is 0 Å². The van der Waals surface area contributed by atoms with Gasteiger partial charge in [-0.25, -0.2) is 9.79 Å². The summed E-state index contributed by atoms with van der Waals surface area (Å²) >= 11 is 0. The maximum absolute atomic E-state index is 11.0. The van der Waals surface area contributed by atoms with E-state index in [1.165, 1.54) is 11.1 Å². The normalized spacial score (nSPS) is 13.8. The second kappa shape index (κ2) is 6.30. The van der Waals surface area contributed by atoms with E-state index >= 15 is 0 Å². The average molecular weight is 345 g/mol. The highest BCUT2D eigenvalue weighted by Crippen LogP contribution is 2.33. The van der Waals surface area contributed by atoms with Crippen LogP contribution in [0.5, 0.6) is 0 Å². The molecule has 4 nitrogen and oxygen atoms in total. The zero-order valence-electron chi connectivity index (χ0n) is 14.7. The fourth-order valence-electron chi connectivity index (χ4n) is 3.29. The van der Waals surface area contributed by atoms with Crippen molar-refractivity contribution in [3.8, 4) is 0 Å². The summed E-state index contributed by atoms with van der Waals surface area (Å²) in [6.07, 6.45) is 3.69. The summed E-state index contributed by atoms with van der Waals surface area (Å²) in [6.45, 7) is 4.21. The molecule has 1 aromatic heterocycles. The Morgan fingerprint density at radius 3 is 2.65 bits per heavy atom. The van der Waals surface area contributed by atoms with Crippen LogP contribution in [0.25, 0.3) is 16.7 Å². The third kappa shape index (κ3) is 2.73. The van der Waals surface area contributed by atoms with Crippen molar-refractivity contribution in [1.29, 1.82) is 0 Å². The van der Waals surface area contributed by atoms with Crippen LogP contribution < -0.4 is 0 Å². The molecule has 0 unspecified atom stereocenters. The maximum Gasteiger partial charge on any atom is 0.335 e. The van der Waals surface area contributed by atoms with Crippen molar-refractivity contribution < 1.29 is 14.3 Å². The lowest BCUT2D eigenvalue weighted by molar-refractivity contribution is 0.0697. The minimum atomic E-state index is -0.923. The molecule has 2 aromatic carbocycles. The number of carboxylic acid groups (broad SMARTS) is 1. The number of furan rings is 1. The van der Waals surface area contributed by atoms with Gasteiger partial charge in [0, 0.05) is 11.8 Å². The molecule has 1 aliphatic heterocycles. The molecule has 1 N–H and O–H groups in total. The van der Waals surface area contributed by atoms with E-state index in [0.29, 0.717) is 6.42 Å². The summed E-state index contributed by atoms with van der Waals surface area (Å²) in [4.78, 5) is 15.7. The third-order valence-corrected chi connectivity index (χ3v) is 4.83. The fraction of sp³-hybridized carbons (Fsp3) is 0.182. The summed E-state index contributed by atoms with van der Waals surface area (Å²) in [5, 5.41) is 10.1. The van der Waals surface area contributed by atoms with Crippen LogP contribution >= 0.6 is 0 Å². The van der Waals surface area contributed by atoms with Crippen LogP contribution in [-0.4, -0.2) is 16.8 Å². The number of carbonyl (C=O) groups is 1. The number of hydrogen-bond donors (Lipinski definition) is 1. The molecule has 130 valence electrons. The Balaban J connectivity index is 1.68. The summed E-state index contributed by atoms with van der Waals surface area (Å²) in [6, 6.07) is 13.1. The standard InChI is InChI=1S/C22H19NO3/c1-3-14-5-4-13(2)17-12-20(26-21(14)17)19-11-10-18(23-19)15-6-8-16(9-7-15)22(24)25/h4-9,11-12H,3,10H2,1-2H3,(H,24,25). The highest BCUT2D eigenvalue weighted by Gasteiger charge is 2.17. The minimum absolute atomic E-state index is 0.278. The Labute approximate surface area is 151 Å². The number of rotatable bonds is 4. The molecule has 3 aromatic rings. The first-order chi connectivity index (χ1) is 12.6. The van der Waals surface area contributed by atoms with Crippen molar-refractivity contribution in [3.05, 3.63) is 76.6 Å². The monoisotopic (exact) mass is 345 g/mol. The Morgan fingerprint density at radius 1 is 1.19 bits per heavy atom. The fourth-order valence-corrected chi connectivity index (χ4v) is 3.29. The van der Waals surface area contributed by atoms with Gasteiger partial charge >= 0.3 is 5.97 Å². The van der Waals surface area contributed by atoms with Crippen LogP contribution in [0.4, 0.5) is 0 Å². The number of hydrogen-bond acceptors (Lipinski definition) is 3. The van der Waals surface area contributed by atoms with Crippen molar-refractivity contribution in [2.24, 2.45) is 4.99 Å². The van der Waals surface area contributed by atoms with E-state index in [4.69, 9.17) is 14.5 Å². The predicted molar refractivity (Wildman–Crippen MR) is 103 cm³/mol. The van der Waals surface area contributed by atoms with E-state index in [1.807, 2.05) is 0 Å². The van der Waals surface area contributed by atoms with Gasteiger partial charge in [0.05, 0.1) is 11.3 Å². The molecule has 0 radical (unpaired) electrons. The summed E-state index contributed by atoms with van der Waals surface area (Å²) in [7, 11) is 0. The molecule has 4 rings (SSSR count). The molecule has 0 aliphatic carbocycles. The molecule has 0 amide bonds. The average Bonchev–Trinajstić information content (AvgIpc) is 3.30. The van der Waals surface area contributed by atoms with Gasteiger partial charge < -0.3 is 9.52 Å². The zero-order valence-corrected chi connectivity index (χ0v) is 14.7. The van der Waals surface area contributed by atoms with Gasteiger partial charge in [0.25, 0.3) is 0 Å². The first kappa shape index (κ1) is 16.3. The van der Waals surface area contributed by atoms with Gasteiger partial charge in [0.2, 0.25) is 0 Å². The Hall–Kier alpha value is -3.14. The lowest BCUT2D eigenvalue weighted by atomic mass is 10.1. The van der Waals surface area contributed by atoms with Crippen molar-refractivity contribution in [2.45, 2.75) is 26.7 Å². The Bertz CT molecular complexity index is 1070. The van der Waals surface area contributed by atoms with Gasteiger partial charge in [0.15, 0.2) is 5.76 Å². The molecule has 0 saturated heterocycles. The molecule has 0 atom stereocenters. The van der Waals surface area contributed by atoms with E-state index in [-0.39, 0.29) is 5.56 Å². The number of nitrogens with zero attached hydrogens (tertiary/aromatic N) is 1. The summed E-state index contributed by atoms with van der Waals surface area (Å²) < 4.78 is 6.14. The SMILES string of the molecule is CCc1ccc(C)c2cc(C3=CCC(c4ccc(C(=O)O)cc4)=N3)oc12. The van der Waals surface area contributed by atoms with Gasteiger partial charge in [-0.05, 0) is 54.3 Å². The van der Waals surface area contributed by atoms with E-state index in [9.17, 15) is 4.79 Å². The topological polar surface area (TPSA) is 62.8 Å². The van der Waals surface area contributed by atoms with Gasteiger partial charge in [-0.2, -0.15) is 0 Å². The van der Waals surface area contributed by atoms with E-state index < -0.39 is 5.97 Å². The van der Waals surface area contributed by atoms with Crippen LogP contribution in [0, 0.1) is 6.92 Å². The number of allylic oxidation sites excluding steroid dienone is 1. The van der Waals surface area contributed by atoms with E-state index in [0.717, 1.165) is 40.1 Å². The number of benzene rings is 2. The number of fused-ring (bicyclic) bond motifs is 1. The summed E-state index contributed by atoms with van der Waals surface area (Å²) in [5.41, 5.74) is 6.30. The van der Waals surface area contributed by atoms with Crippen molar-refractivity contribution in [3.63, 3.8) is 0 Å². The molecule has 26 heavy (non-hydrogen) atoms. The van der Waals surface area contributed by atoms with Crippen LogP contribution in [0.15, 0.2) is 58.0 Å². The molecule has 2 heterocycles. The highest BCUT2D eigenvalue weighted by atomic mass is 16.4. The molecular weight excluding hydrogens is 326 g/mol. The first-order valence-corrected chi connectivity index (χ1v) is 8.70. The first-order valence-electron chi connectivity index (χ1n) is 8.70. The van der Waals surface area contributed by atoms with Crippen molar-refractivity contribution in [2.75, 3.05) is 0 Å². The smallest absolute Gasteiger partial charge is 0.335 e. The number of aryl methyl sites for hydroxylation is 2. The summed E-state index contributed by atoms with van der Waals surface area (Å²) in [5.74, 6) is -0.144. The lowest BCUT2D eigenvalue weighted by Crippen LogP contribution is -1.99. The molecule has 0 saturated carbocycles. The van der Waals surface area contributed by atoms with Crippen molar-refractivity contribution in [1.82, 2.24) is 0 Å². The molecule has 1 aliphatic rings. The zero-order chi connectivity index (χ0) is 18.3. The molecule has 4 heteroatoms. The largest absolute Gasteiger partial charge is 0.478 e. The van der Waals surface area contributed by atoms with Crippen LogP contribution in [0.3, 0.4) is 0 Å². The van der Waals surface area contributed by atoms with E-state index in [2.05, 4.69) is 38.1 Å². The highest BCUT2D eigenvalue weighted by molar-refractivity contribution is 6.07. The minimum Gasteiger partial charge on any atom is -0.478 e. The van der Waals surface area contributed by atoms with Gasteiger partial charge in [0.1, 0.15) is 11.3 Å². The second-order valence-electron chi connectivity index (χ2n) is 6.48. The van der Waals surface area contributed by atoms with Gasteiger partial charge in [-0.15, -0.1) is 0 Å². The van der Waals surface area contributed by atoms with Crippen LogP contribution in [-0.2, 0) is 6.42 Å². The van der Waals surface area contributed by atoms with Crippen LogP contribution in [0.2, 0.25) is 0 Å². The number of aliphatic imine (C=N–C) groups is 1. The number of carboxylic acids is 1. The number of aromatic carboxylic acids is 1. The molecule has 0 spiro atoms. The van der Waals surface area contributed by atoms with E-state index in [1.54, 1.807) is 24.3 Å². The predicted octanol–water partition coefficient (Wildman–Crippen LogP) is 5.24. The third-order valence-electron chi connectivity index (χ3n) is 4.83. The maximum atomic E-state index is 11.0. The quantitative estimate of drug-likeness (QED) is 0.704. The molecular formula is C22H19NO3. The van der Waals surface area contributed by atoms with Gasteiger partial charge in [-0.1, -0.05) is 31.2 Å². The Morgan fingerprint density at radius 2 is 1.96 bits per heavy atom. The molecule has 0 bridgehead atoms. The molecule has 0 fully saturated rings. The van der Waals surface area contributed by atoms with Crippen molar-refractivity contribution >= 4 is 28.3 Å². The lowest BCUT2D eigenvalue weighted by Gasteiger charge is -2.01. The Kier molecular flexibility index (Phi) is 3.96.